The summed E-state index contributed by atoms with van der Waals surface area (Å²) < 4.78 is 13.1. The molecule has 1 aliphatic carbocycles. The highest BCUT2D eigenvalue weighted by Gasteiger charge is 2.24. The van der Waals surface area contributed by atoms with Crippen molar-refractivity contribution >= 4 is 0 Å². The van der Waals surface area contributed by atoms with Gasteiger partial charge in [-0.1, -0.05) is 26.7 Å². The molecule has 0 saturated heterocycles. The molecular weight excluding hydrogens is 141 g/mol. The van der Waals surface area contributed by atoms with Crippen LogP contribution in [0.1, 0.15) is 39.5 Å². The lowest BCUT2D eigenvalue weighted by atomic mass is 9.93. The standard InChI is InChI=1S/C9H18FN/c1-7(2)11-9-6-4-3-5-8(9)10/h7-9,11H,3-6H2,1-2H3/t8-,9?/m1/s1. The maximum atomic E-state index is 13.1. The number of nitrogens with one attached hydrogen (secondary N) is 1. The summed E-state index contributed by atoms with van der Waals surface area (Å²) in [6.45, 7) is 4.14. The van der Waals surface area contributed by atoms with Gasteiger partial charge < -0.3 is 5.32 Å². The molecule has 2 heteroatoms. The van der Waals surface area contributed by atoms with E-state index in [-0.39, 0.29) is 6.04 Å². The zero-order valence-corrected chi connectivity index (χ0v) is 7.44. The average Bonchev–Trinajstić information content (AvgIpc) is 1.93. The van der Waals surface area contributed by atoms with Crippen LogP contribution in [-0.4, -0.2) is 18.3 Å². The van der Waals surface area contributed by atoms with Crippen LogP contribution in [0.3, 0.4) is 0 Å². The maximum absolute atomic E-state index is 13.1. The first-order chi connectivity index (χ1) is 5.20. The van der Waals surface area contributed by atoms with E-state index in [1.807, 2.05) is 0 Å². The van der Waals surface area contributed by atoms with Gasteiger partial charge in [0, 0.05) is 12.1 Å². The molecule has 0 aromatic carbocycles. The van der Waals surface area contributed by atoms with Crippen LogP contribution in [-0.2, 0) is 0 Å². The molecule has 1 fully saturated rings. The summed E-state index contributed by atoms with van der Waals surface area (Å²) in [5.41, 5.74) is 0. The van der Waals surface area contributed by atoms with E-state index >= 15 is 0 Å². The zero-order valence-electron chi connectivity index (χ0n) is 7.44. The predicted molar refractivity (Wildman–Crippen MR) is 45.4 cm³/mol. The van der Waals surface area contributed by atoms with Crippen molar-refractivity contribution in [1.29, 1.82) is 0 Å². The second-order valence-electron chi connectivity index (χ2n) is 3.73. The molecule has 0 spiro atoms. The van der Waals surface area contributed by atoms with Crippen LogP contribution >= 0.6 is 0 Å². The van der Waals surface area contributed by atoms with Crippen molar-refractivity contribution in [2.24, 2.45) is 0 Å². The van der Waals surface area contributed by atoms with Gasteiger partial charge in [0.05, 0.1) is 0 Å². The molecule has 1 saturated carbocycles. The van der Waals surface area contributed by atoms with Gasteiger partial charge in [-0.05, 0) is 12.8 Å². The lowest BCUT2D eigenvalue weighted by Crippen LogP contribution is -2.43. The van der Waals surface area contributed by atoms with Gasteiger partial charge in [0.1, 0.15) is 6.17 Å². The fraction of sp³-hybridized carbons (Fsp3) is 1.00. The Labute approximate surface area is 68.4 Å². The summed E-state index contributed by atoms with van der Waals surface area (Å²) in [7, 11) is 0. The maximum Gasteiger partial charge on any atom is 0.115 e. The third-order valence-electron chi connectivity index (χ3n) is 2.23. The number of rotatable bonds is 2. The van der Waals surface area contributed by atoms with E-state index in [9.17, 15) is 4.39 Å². The number of halogens is 1. The summed E-state index contributed by atoms with van der Waals surface area (Å²) in [6, 6.07) is 0.542. The molecule has 1 rings (SSSR count). The van der Waals surface area contributed by atoms with Gasteiger partial charge in [0.2, 0.25) is 0 Å². The molecule has 0 aliphatic heterocycles. The Morgan fingerprint density at radius 3 is 2.45 bits per heavy atom. The van der Waals surface area contributed by atoms with E-state index in [0.717, 1.165) is 19.3 Å². The minimum Gasteiger partial charge on any atom is -0.309 e. The smallest absolute Gasteiger partial charge is 0.115 e. The fourth-order valence-electron chi connectivity index (χ4n) is 1.70. The van der Waals surface area contributed by atoms with E-state index < -0.39 is 6.17 Å². The molecule has 0 radical (unpaired) electrons. The van der Waals surface area contributed by atoms with Crippen LogP contribution in [0.5, 0.6) is 0 Å². The Morgan fingerprint density at radius 1 is 1.27 bits per heavy atom. The Bertz CT molecular complexity index is 114. The molecule has 1 N–H and O–H groups in total. The van der Waals surface area contributed by atoms with Gasteiger partial charge in [0.15, 0.2) is 0 Å². The van der Waals surface area contributed by atoms with Crippen LogP contribution in [0.4, 0.5) is 4.39 Å². The fourth-order valence-corrected chi connectivity index (χ4v) is 1.70. The van der Waals surface area contributed by atoms with E-state index in [2.05, 4.69) is 19.2 Å². The summed E-state index contributed by atoms with van der Waals surface area (Å²) >= 11 is 0. The van der Waals surface area contributed by atoms with Crippen molar-refractivity contribution in [3.05, 3.63) is 0 Å². The second kappa shape index (κ2) is 4.05. The molecule has 66 valence electrons. The highest BCUT2D eigenvalue weighted by atomic mass is 19.1. The SMILES string of the molecule is CC(C)NC1CCCC[C@H]1F. The second-order valence-corrected chi connectivity index (χ2v) is 3.73. The van der Waals surface area contributed by atoms with E-state index in [1.165, 1.54) is 6.42 Å². The zero-order chi connectivity index (χ0) is 8.27. The van der Waals surface area contributed by atoms with Gasteiger partial charge in [-0.3, -0.25) is 0 Å². The van der Waals surface area contributed by atoms with Crippen LogP contribution in [0.2, 0.25) is 0 Å². The molecular formula is C9H18FN. The first-order valence-electron chi connectivity index (χ1n) is 4.60. The topological polar surface area (TPSA) is 12.0 Å². The molecule has 0 aromatic rings. The van der Waals surface area contributed by atoms with Gasteiger partial charge in [-0.25, -0.2) is 4.39 Å². The largest absolute Gasteiger partial charge is 0.309 e. The van der Waals surface area contributed by atoms with Gasteiger partial charge in [-0.15, -0.1) is 0 Å². The molecule has 0 bridgehead atoms. The van der Waals surface area contributed by atoms with Gasteiger partial charge >= 0.3 is 0 Å². The highest BCUT2D eigenvalue weighted by Crippen LogP contribution is 2.21. The van der Waals surface area contributed by atoms with Crippen molar-refractivity contribution < 1.29 is 4.39 Å². The average molecular weight is 159 g/mol. The minimum absolute atomic E-state index is 0.128. The quantitative estimate of drug-likeness (QED) is 0.651. The molecule has 0 aromatic heterocycles. The van der Waals surface area contributed by atoms with Crippen molar-refractivity contribution in [3.63, 3.8) is 0 Å². The molecule has 2 atom stereocenters. The van der Waals surface area contributed by atoms with Crippen molar-refractivity contribution in [2.75, 3.05) is 0 Å². The monoisotopic (exact) mass is 159 g/mol. The molecule has 1 nitrogen and oxygen atoms in total. The van der Waals surface area contributed by atoms with Crippen LogP contribution < -0.4 is 5.32 Å². The third-order valence-corrected chi connectivity index (χ3v) is 2.23. The van der Waals surface area contributed by atoms with E-state index in [0.29, 0.717) is 6.04 Å². The van der Waals surface area contributed by atoms with E-state index in [1.54, 1.807) is 0 Å². The molecule has 0 amide bonds. The van der Waals surface area contributed by atoms with Gasteiger partial charge in [0.25, 0.3) is 0 Å². The van der Waals surface area contributed by atoms with Crippen molar-refractivity contribution in [2.45, 2.75) is 57.8 Å². The minimum atomic E-state index is -0.605. The summed E-state index contributed by atoms with van der Waals surface area (Å²) in [4.78, 5) is 0. The number of hydrogen-bond donors (Lipinski definition) is 1. The Hall–Kier alpha value is -0.110. The number of hydrogen-bond acceptors (Lipinski definition) is 1. The number of alkyl halides is 1. The Kier molecular flexibility index (Phi) is 3.31. The normalized spacial score (nSPS) is 32.7. The lowest BCUT2D eigenvalue weighted by Gasteiger charge is -2.28. The van der Waals surface area contributed by atoms with Crippen LogP contribution in [0.15, 0.2) is 0 Å². The van der Waals surface area contributed by atoms with Crippen LogP contribution in [0.25, 0.3) is 0 Å². The molecule has 0 heterocycles. The first kappa shape index (κ1) is 8.98. The molecule has 1 unspecified atom stereocenters. The van der Waals surface area contributed by atoms with E-state index in [4.69, 9.17) is 0 Å². The predicted octanol–water partition coefficient (Wildman–Crippen LogP) is 2.27. The summed E-state index contributed by atoms with van der Waals surface area (Å²) in [6.07, 6.45) is 3.41. The summed E-state index contributed by atoms with van der Waals surface area (Å²) in [5, 5.41) is 3.26. The first-order valence-corrected chi connectivity index (χ1v) is 4.60. The van der Waals surface area contributed by atoms with Crippen LogP contribution in [0, 0.1) is 0 Å². The van der Waals surface area contributed by atoms with Crippen molar-refractivity contribution in [1.82, 2.24) is 5.32 Å². The highest BCUT2D eigenvalue weighted by molar-refractivity contribution is 4.81. The molecule has 1 aliphatic rings. The molecule has 11 heavy (non-hydrogen) atoms. The Balaban J connectivity index is 2.29. The van der Waals surface area contributed by atoms with Gasteiger partial charge in [-0.2, -0.15) is 0 Å². The summed E-state index contributed by atoms with van der Waals surface area (Å²) in [5.74, 6) is 0. The van der Waals surface area contributed by atoms with Crippen molar-refractivity contribution in [3.8, 4) is 0 Å². The third kappa shape index (κ3) is 2.78. The Morgan fingerprint density at radius 2 is 1.91 bits per heavy atom. The lowest BCUT2D eigenvalue weighted by molar-refractivity contribution is 0.182.